The number of anilines is 1. The van der Waals surface area contributed by atoms with Crippen LogP contribution in [0.2, 0.25) is 5.02 Å². The van der Waals surface area contributed by atoms with Crippen LogP contribution in [0.15, 0.2) is 36.4 Å². The average Bonchev–Trinajstić information content (AvgIpc) is 2.86. The zero-order valence-corrected chi connectivity index (χ0v) is 21.3. The number of nitrogens with one attached hydrogen (secondary N) is 1. The fraction of sp³-hybridized carbons (Fsp3) is 0.448. The molecule has 0 saturated heterocycles. The Morgan fingerprint density at radius 3 is 2.66 bits per heavy atom. The van der Waals surface area contributed by atoms with Crippen LogP contribution in [0.1, 0.15) is 78.5 Å². The quantitative estimate of drug-likeness (QED) is 0.217. The van der Waals surface area contributed by atoms with Crippen molar-refractivity contribution in [3.05, 3.63) is 63.8 Å². The van der Waals surface area contributed by atoms with Crippen LogP contribution in [0.3, 0.4) is 0 Å². The molecule has 0 atom stereocenters. The van der Waals surface area contributed by atoms with E-state index in [-0.39, 0.29) is 5.75 Å². The van der Waals surface area contributed by atoms with Crippen LogP contribution >= 0.6 is 11.6 Å². The number of phenols is 1. The molecule has 0 saturated carbocycles. The second kappa shape index (κ2) is 12.3. The number of carbonyl (C=O) groups is 1. The minimum atomic E-state index is -0.475. The van der Waals surface area contributed by atoms with Gasteiger partial charge in [0.25, 0.3) is 0 Å². The van der Waals surface area contributed by atoms with Gasteiger partial charge >= 0.3 is 5.97 Å². The first-order valence-corrected chi connectivity index (χ1v) is 13.2. The number of esters is 1. The van der Waals surface area contributed by atoms with E-state index in [1.165, 1.54) is 67.6 Å². The molecule has 1 aliphatic carbocycles. The van der Waals surface area contributed by atoms with Gasteiger partial charge in [-0.05, 0) is 80.3 Å². The maximum Gasteiger partial charge on any atom is 0.341 e. The van der Waals surface area contributed by atoms with Crippen molar-refractivity contribution >= 4 is 34.2 Å². The van der Waals surface area contributed by atoms with Crippen molar-refractivity contribution in [3.8, 4) is 5.75 Å². The minimum absolute atomic E-state index is 0.00631. The molecule has 1 aromatic heterocycles. The Kier molecular flexibility index (Phi) is 8.86. The van der Waals surface area contributed by atoms with Crippen molar-refractivity contribution < 1.29 is 14.6 Å². The van der Waals surface area contributed by atoms with E-state index in [1.54, 1.807) is 6.07 Å². The van der Waals surface area contributed by atoms with E-state index in [2.05, 4.69) is 11.4 Å². The fourth-order valence-electron chi connectivity index (χ4n) is 5.09. The van der Waals surface area contributed by atoms with Crippen LogP contribution in [-0.2, 0) is 24.0 Å². The average molecular weight is 495 g/mol. The van der Waals surface area contributed by atoms with E-state index < -0.39 is 5.97 Å². The molecule has 35 heavy (non-hydrogen) atoms. The first kappa shape index (κ1) is 25.3. The molecule has 186 valence electrons. The molecule has 1 aliphatic rings. The third kappa shape index (κ3) is 6.26. The maximum atomic E-state index is 12.0. The van der Waals surface area contributed by atoms with E-state index in [9.17, 15) is 9.90 Å². The number of carbonyl (C=O) groups excluding carboxylic acids is 1. The number of aromatic hydroxyl groups is 1. The molecule has 2 aromatic carbocycles. The van der Waals surface area contributed by atoms with Gasteiger partial charge in [0.1, 0.15) is 11.3 Å². The number of hydrogen-bond donors (Lipinski definition) is 2. The summed E-state index contributed by atoms with van der Waals surface area (Å²) in [5.41, 5.74) is 6.03. The highest BCUT2D eigenvalue weighted by Crippen LogP contribution is 2.34. The number of ether oxygens (including phenoxy) is 1. The molecule has 5 nitrogen and oxygen atoms in total. The summed E-state index contributed by atoms with van der Waals surface area (Å²) in [6.45, 7) is 0.958. The lowest BCUT2D eigenvalue weighted by Crippen LogP contribution is -2.12. The van der Waals surface area contributed by atoms with E-state index in [0.717, 1.165) is 61.2 Å². The lowest BCUT2D eigenvalue weighted by Gasteiger charge is -2.22. The maximum absolute atomic E-state index is 12.0. The van der Waals surface area contributed by atoms with Crippen LogP contribution < -0.4 is 5.32 Å². The fourth-order valence-corrected chi connectivity index (χ4v) is 5.26. The normalized spacial score (nSPS) is 13.0. The largest absolute Gasteiger partial charge is 0.507 e. The number of methoxy groups -OCH3 is 1. The number of benzene rings is 2. The monoisotopic (exact) mass is 494 g/mol. The van der Waals surface area contributed by atoms with Crippen LogP contribution in [0.25, 0.3) is 10.9 Å². The third-order valence-corrected chi connectivity index (χ3v) is 7.15. The lowest BCUT2D eigenvalue weighted by molar-refractivity contribution is 0.0596. The molecule has 3 aromatic rings. The summed E-state index contributed by atoms with van der Waals surface area (Å²) in [6, 6.07) is 11.2. The van der Waals surface area contributed by atoms with Crippen LogP contribution in [-0.4, -0.2) is 29.7 Å². The number of rotatable bonds is 11. The molecule has 0 unspecified atom stereocenters. The molecule has 1 heterocycles. The zero-order chi connectivity index (χ0) is 24.6. The minimum Gasteiger partial charge on any atom is -0.507 e. The van der Waals surface area contributed by atoms with Crippen LogP contribution in [0.5, 0.6) is 5.75 Å². The van der Waals surface area contributed by atoms with Crippen LogP contribution in [0, 0.1) is 0 Å². The van der Waals surface area contributed by atoms with Gasteiger partial charge in [0.15, 0.2) is 0 Å². The summed E-state index contributed by atoms with van der Waals surface area (Å²) < 4.78 is 4.82. The zero-order valence-electron chi connectivity index (χ0n) is 20.5. The van der Waals surface area contributed by atoms with Gasteiger partial charge in [-0.25, -0.2) is 4.79 Å². The third-order valence-electron chi connectivity index (χ3n) is 6.92. The van der Waals surface area contributed by atoms with Gasteiger partial charge < -0.3 is 15.2 Å². The van der Waals surface area contributed by atoms with Crippen molar-refractivity contribution in [1.82, 2.24) is 4.98 Å². The summed E-state index contributed by atoms with van der Waals surface area (Å²) in [5, 5.41) is 15.7. The molecular weight excluding hydrogens is 460 g/mol. The molecule has 0 aliphatic heterocycles. The second-order valence-electron chi connectivity index (χ2n) is 9.38. The van der Waals surface area contributed by atoms with Crippen molar-refractivity contribution in [2.75, 3.05) is 19.0 Å². The van der Waals surface area contributed by atoms with Crippen molar-refractivity contribution in [3.63, 3.8) is 0 Å². The highest BCUT2D eigenvalue weighted by molar-refractivity contribution is 6.31. The molecule has 0 amide bonds. The predicted molar refractivity (Wildman–Crippen MR) is 143 cm³/mol. The topological polar surface area (TPSA) is 71.5 Å². The van der Waals surface area contributed by atoms with Gasteiger partial charge in [0.2, 0.25) is 0 Å². The Hall–Kier alpha value is -2.79. The molecule has 2 N–H and O–H groups in total. The van der Waals surface area contributed by atoms with E-state index in [0.29, 0.717) is 5.56 Å². The highest BCUT2D eigenvalue weighted by atomic mass is 35.5. The van der Waals surface area contributed by atoms with E-state index >= 15 is 0 Å². The Labute approximate surface area is 212 Å². The first-order chi connectivity index (χ1) is 17.1. The number of unbranched alkanes of at least 4 members (excludes halogenated alkanes) is 5. The summed E-state index contributed by atoms with van der Waals surface area (Å²) in [7, 11) is 1.34. The molecule has 0 fully saturated rings. The predicted octanol–water partition coefficient (Wildman–Crippen LogP) is 7.25. The van der Waals surface area contributed by atoms with Gasteiger partial charge in [-0.2, -0.15) is 0 Å². The van der Waals surface area contributed by atoms with Crippen molar-refractivity contribution in [1.29, 1.82) is 0 Å². The number of aromatic nitrogens is 1. The smallest absolute Gasteiger partial charge is 0.341 e. The summed E-state index contributed by atoms with van der Waals surface area (Å²) in [5.74, 6) is -0.481. The summed E-state index contributed by atoms with van der Waals surface area (Å²) in [6.07, 6.45) is 12.1. The van der Waals surface area contributed by atoms with Crippen molar-refractivity contribution in [2.24, 2.45) is 0 Å². The molecule has 0 bridgehead atoms. The number of fused-ring (bicyclic) bond motifs is 2. The Bertz CT molecular complexity index is 1180. The number of pyridine rings is 1. The molecule has 6 heteroatoms. The van der Waals surface area contributed by atoms with Gasteiger partial charge in [0, 0.05) is 28.3 Å². The van der Waals surface area contributed by atoms with Gasteiger partial charge in [-0.3, -0.25) is 4.98 Å². The number of phenolic OH excluding ortho intramolecular Hbond substituents is 1. The molecule has 4 rings (SSSR count). The number of hydrogen-bond acceptors (Lipinski definition) is 5. The number of nitrogens with zero attached hydrogens (tertiary/aromatic N) is 1. The second-order valence-corrected chi connectivity index (χ2v) is 9.82. The summed E-state index contributed by atoms with van der Waals surface area (Å²) in [4.78, 5) is 16.9. The van der Waals surface area contributed by atoms with Crippen LogP contribution in [0.4, 0.5) is 5.69 Å². The molecule has 0 radical (unpaired) electrons. The SMILES string of the molecule is COC(=O)c1c(O)cccc1CCCCCCCCNc1c2c(nc3cc(Cl)ccc13)CCCC2. The van der Waals surface area contributed by atoms with Crippen molar-refractivity contribution in [2.45, 2.75) is 70.6 Å². The number of halogens is 1. The highest BCUT2D eigenvalue weighted by Gasteiger charge is 2.18. The van der Waals surface area contributed by atoms with Gasteiger partial charge in [-0.15, -0.1) is 0 Å². The van der Waals surface area contributed by atoms with Gasteiger partial charge in [0.05, 0.1) is 12.6 Å². The Morgan fingerprint density at radius 2 is 1.83 bits per heavy atom. The van der Waals surface area contributed by atoms with E-state index in [4.69, 9.17) is 21.3 Å². The lowest BCUT2D eigenvalue weighted by atomic mass is 9.92. The Balaban J connectivity index is 1.22. The van der Waals surface area contributed by atoms with E-state index in [1.807, 2.05) is 18.2 Å². The molecular formula is C29H35ClN2O3. The summed E-state index contributed by atoms with van der Waals surface area (Å²) >= 11 is 6.23. The Morgan fingerprint density at radius 1 is 1.06 bits per heavy atom. The molecule has 0 spiro atoms. The van der Waals surface area contributed by atoms with Gasteiger partial charge in [-0.1, -0.05) is 49.4 Å². The standard InChI is InChI=1S/C29H35ClN2O3/c1-35-29(34)27-20(12-10-15-26(27)33)11-6-4-2-3-5-9-18-31-28-22-13-7-8-14-24(22)32-25-19-21(30)16-17-23(25)28/h10,12,15-17,19,33H,2-9,11,13-14,18H2,1H3,(H,31,32). The number of aryl methyl sites for hydroxylation is 2. The first-order valence-electron chi connectivity index (χ1n) is 12.8.